The number of nitrogens with one attached hydrogen (secondary N) is 1. The molecule has 0 aliphatic carbocycles. The fraction of sp³-hybridized carbons (Fsp3) is 0.158. The van der Waals surface area contributed by atoms with Gasteiger partial charge in [-0.1, -0.05) is 0 Å². The molecule has 0 atom stereocenters. The van der Waals surface area contributed by atoms with E-state index in [1.54, 1.807) is 19.1 Å². The van der Waals surface area contributed by atoms with E-state index < -0.39 is 27.0 Å². The number of hydrogen-bond acceptors (Lipinski definition) is 8. The molecule has 4 rings (SSSR count). The number of amides is 1. The first kappa shape index (κ1) is 22.0. The number of hydrogen-bond donors (Lipinski definition) is 1. The number of carbonyl (C=O) groups is 1. The molecular weight excluding hydrogens is 513 g/mol. The zero-order valence-corrected chi connectivity index (χ0v) is 18.9. The van der Waals surface area contributed by atoms with Crippen molar-refractivity contribution in [3.05, 3.63) is 47.1 Å². The van der Waals surface area contributed by atoms with Gasteiger partial charge in [-0.05, 0) is 0 Å². The molecule has 0 radical (unpaired) electrons. The van der Waals surface area contributed by atoms with Crippen molar-refractivity contribution in [2.75, 3.05) is 12.4 Å². The zero-order chi connectivity index (χ0) is 22.8. The molecule has 4 aromatic heterocycles. The molecule has 32 heavy (non-hydrogen) atoms. The summed E-state index contributed by atoms with van der Waals surface area (Å²) in [6.07, 6.45) is 3.96. The number of ether oxygens (including phenoxy) is 2. The number of aryl methyl sites for hydroxylation is 1. The number of halogens is 3. The van der Waals surface area contributed by atoms with Crippen molar-refractivity contribution >= 4 is 46.7 Å². The molecule has 0 fully saturated rings. The summed E-state index contributed by atoms with van der Waals surface area (Å²) in [4.78, 5) is 33.5. The summed E-state index contributed by atoms with van der Waals surface area (Å²) in [5.74, 6) is -0.348. The fourth-order valence-electron chi connectivity index (χ4n) is 2.83. The van der Waals surface area contributed by atoms with Gasteiger partial charge in [-0.25, -0.2) is 0 Å². The summed E-state index contributed by atoms with van der Waals surface area (Å²) >= 11 is 5.50. The molecule has 1 amide bonds. The second kappa shape index (κ2) is 9.11. The topological polar surface area (TPSA) is 112 Å². The Morgan fingerprint density at radius 1 is 1.12 bits per heavy atom. The maximum absolute atomic E-state index is 13.1. The molecule has 0 aromatic carbocycles. The number of carbonyl (C=O) groups excluding carboxylic acids is 1. The molecule has 0 bridgehead atoms. The Labute approximate surface area is 190 Å². The van der Waals surface area contributed by atoms with Gasteiger partial charge in [0.2, 0.25) is 0 Å². The van der Waals surface area contributed by atoms with Crippen molar-refractivity contribution in [2.45, 2.75) is 13.5 Å². The molecular formula is C19H13ClF2N6O3Se. The number of aromatic nitrogens is 5. The second-order valence-electron chi connectivity index (χ2n) is 6.27. The molecule has 1 N–H and O–H groups in total. The van der Waals surface area contributed by atoms with Crippen LogP contribution in [0.1, 0.15) is 16.1 Å². The van der Waals surface area contributed by atoms with Crippen molar-refractivity contribution in [1.29, 1.82) is 0 Å². The van der Waals surface area contributed by atoms with Gasteiger partial charge >= 0.3 is 191 Å². The first-order valence-corrected chi connectivity index (χ1v) is 11.0. The van der Waals surface area contributed by atoms with E-state index >= 15 is 0 Å². The van der Waals surface area contributed by atoms with Crippen LogP contribution in [0.3, 0.4) is 0 Å². The van der Waals surface area contributed by atoms with Crippen LogP contribution in [0, 0.1) is 6.92 Å². The number of alkyl halides is 2. The van der Waals surface area contributed by atoms with Crippen LogP contribution in [0.15, 0.2) is 30.7 Å². The van der Waals surface area contributed by atoms with Crippen molar-refractivity contribution in [1.82, 2.24) is 24.9 Å². The molecule has 9 nitrogen and oxygen atoms in total. The third kappa shape index (κ3) is 4.67. The van der Waals surface area contributed by atoms with Crippen molar-refractivity contribution in [2.24, 2.45) is 0 Å². The Hall–Kier alpha value is -3.21. The quantitative estimate of drug-likeness (QED) is 0.301. The first-order valence-electron chi connectivity index (χ1n) is 8.90. The number of methoxy groups -OCH3 is 1. The normalized spacial score (nSPS) is 11.1. The van der Waals surface area contributed by atoms with E-state index in [9.17, 15) is 13.6 Å². The molecule has 0 saturated carbocycles. The minimum absolute atomic E-state index is 0.236. The maximum atomic E-state index is 13.1. The Bertz CT molecular complexity index is 1320. The second-order valence-corrected chi connectivity index (χ2v) is 8.71. The summed E-state index contributed by atoms with van der Waals surface area (Å²) < 4.78 is 35.1. The Balaban J connectivity index is 1.68. The van der Waals surface area contributed by atoms with Crippen LogP contribution in [0.5, 0.6) is 11.6 Å². The van der Waals surface area contributed by atoms with Crippen LogP contribution in [0.25, 0.3) is 21.2 Å². The summed E-state index contributed by atoms with van der Waals surface area (Å²) in [6, 6.07) is 3.33. The number of fused-ring (bicyclic) bond motifs is 1. The van der Waals surface area contributed by atoms with Crippen molar-refractivity contribution in [3.63, 3.8) is 0 Å². The zero-order valence-electron chi connectivity index (χ0n) is 16.5. The fourth-order valence-corrected chi connectivity index (χ4v) is 4.63. The van der Waals surface area contributed by atoms with Gasteiger partial charge in [-0.3, -0.25) is 0 Å². The molecule has 0 unspecified atom stereocenters. The molecule has 0 aliphatic rings. The van der Waals surface area contributed by atoms with Gasteiger partial charge in [0, 0.05) is 0 Å². The summed E-state index contributed by atoms with van der Waals surface area (Å²) in [5, 5.41) is 2.96. The van der Waals surface area contributed by atoms with Crippen LogP contribution >= 0.6 is 11.6 Å². The van der Waals surface area contributed by atoms with E-state index in [0.29, 0.717) is 31.7 Å². The number of anilines is 1. The van der Waals surface area contributed by atoms with E-state index in [1.807, 2.05) is 0 Å². The number of pyridine rings is 2. The Kier molecular flexibility index (Phi) is 6.26. The first-order chi connectivity index (χ1) is 15.3. The van der Waals surface area contributed by atoms with Crippen LogP contribution in [-0.2, 0) is 0 Å². The third-order valence-electron chi connectivity index (χ3n) is 4.16. The van der Waals surface area contributed by atoms with E-state index in [4.69, 9.17) is 16.3 Å². The van der Waals surface area contributed by atoms with Gasteiger partial charge in [0.05, 0.1) is 0 Å². The van der Waals surface area contributed by atoms with E-state index in [2.05, 4.69) is 35.0 Å². The Morgan fingerprint density at radius 2 is 1.94 bits per heavy atom. The average Bonchev–Trinajstić information content (AvgIpc) is 3.14. The van der Waals surface area contributed by atoms with Crippen molar-refractivity contribution in [3.8, 4) is 22.8 Å². The van der Waals surface area contributed by atoms with Gasteiger partial charge in [0.1, 0.15) is 0 Å². The summed E-state index contributed by atoms with van der Waals surface area (Å²) in [7, 11) is 1.49. The molecule has 0 saturated heterocycles. The average molecular weight is 526 g/mol. The van der Waals surface area contributed by atoms with E-state index in [-0.39, 0.29) is 22.2 Å². The van der Waals surface area contributed by atoms with E-state index in [0.717, 1.165) is 6.20 Å². The van der Waals surface area contributed by atoms with Gasteiger partial charge in [0.15, 0.2) is 0 Å². The van der Waals surface area contributed by atoms with Gasteiger partial charge in [0.25, 0.3) is 0 Å². The third-order valence-corrected chi connectivity index (χ3v) is 6.16. The summed E-state index contributed by atoms with van der Waals surface area (Å²) in [5.41, 5.74) is 2.30. The molecule has 164 valence electrons. The van der Waals surface area contributed by atoms with Gasteiger partial charge in [-0.2, -0.15) is 0 Å². The predicted octanol–water partition coefficient (Wildman–Crippen LogP) is 3.36. The number of nitrogens with zero attached hydrogens (tertiary/aromatic N) is 5. The SMILES string of the molecule is COc1cnc(Cl)cc1-c1cc(C)ncc1C(=O)Nc1nc2ncc(OC(F)F)nc2[se]1. The standard InChI is InChI=1S/C19H13ClF2N6O3Se/c1-8-3-9(10-4-13(20)24-6-12(10)30-2)11(5-23-8)16(29)28-19-27-15-17(32-19)26-14(7-25-15)31-18(21)22/h3-7,18H,1-2H3,(H,25,27,28,29). The molecule has 4 heterocycles. The predicted molar refractivity (Wildman–Crippen MR) is 113 cm³/mol. The Morgan fingerprint density at radius 3 is 2.69 bits per heavy atom. The summed E-state index contributed by atoms with van der Waals surface area (Å²) in [6.45, 7) is -1.22. The number of rotatable bonds is 6. The van der Waals surface area contributed by atoms with Crippen molar-refractivity contribution < 1.29 is 23.0 Å². The minimum atomic E-state index is -3.01. The van der Waals surface area contributed by atoms with Crippen LogP contribution in [0.4, 0.5) is 13.5 Å². The van der Waals surface area contributed by atoms with Crippen LogP contribution in [-0.4, -0.2) is 59.1 Å². The van der Waals surface area contributed by atoms with E-state index in [1.165, 1.54) is 19.5 Å². The molecule has 4 aromatic rings. The molecule has 0 spiro atoms. The van der Waals surface area contributed by atoms with Gasteiger partial charge in [-0.15, -0.1) is 0 Å². The molecule has 13 heteroatoms. The molecule has 0 aliphatic heterocycles. The van der Waals surface area contributed by atoms with Crippen LogP contribution in [0.2, 0.25) is 5.15 Å². The van der Waals surface area contributed by atoms with Crippen LogP contribution < -0.4 is 14.8 Å². The monoisotopic (exact) mass is 526 g/mol. The van der Waals surface area contributed by atoms with Gasteiger partial charge < -0.3 is 0 Å².